The summed E-state index contributed by atoms with van der Waals surface area (Å²) in [5.41, 5.74) is 0. The second-order valence-corrected chi connectivity index (χ2v) is 5.07. The zero-order valence-corrected chi connectivity index (χ0v) is 10.8. The number of carbonyl (C=O) groups excluding carboxylic acids is 1. The molecular weight excluding hydrogens is 226 g/mol. The van der Waals surface area contributed by atoms with Crippen LogP contribution in [-0.2, 0) is 4.74 Å². The number of unbranched alkanes of at least 4 members (excludes halogenated alkanes) is 1. The zero-order chi connectivity index (χ0) is 12.0. The van der Waals surface area contributed by atoms with Crippen molar-refractivity contribution in [2.24, 2.45) is 5.92 Å². The molecule has 5 heteroatoms. The minimum Gasteiger partial charge on any atom is -0.449 e. The van der Waals surface area contributed by atoms with Crippen molar-refractivity contribution in [2.75, 3.05) is 31.7 Å². The summed E-state index contributed by atoms with van der Waals surface area (Å²) in [5.74, 6) is 1.08. The molecule has 1 rings (SSSR count). The molecule has 1 aliphatic rings. The third-order valence-corrected chi connectivity index (χ3v) is 3.53. The van der Waals surface area contributed by atoms with Crippen molar-refractivity contribution in [3.63, 3.8) is 0 Å². The number of ether oxygens (including phenoxy) is 1. The second-order valence-electron chi connectivity index (χ2n) is 4.16. The lowest BCUT2D eigenvalue weighted by Gasteiger charge is -2.15. The van der Waals surface area contributed by atoms with Gasteiger partial charge < -0.3 is 14.7 Å². The molecule has 0 aromatic heterocycles. The van der Waals surface area contributed by atoms with E-state index in [9.17, 15) is 9.90 Å². The van der Waals surface area contributed by atoms with Gasteiger partial charge in [0.15, 0.2) is 0 Å². The van der Waals surface area contributed by atoms with E-state index in [1.807, 2.05) is 6.26 Å². The lowest BCUT2D eigenvalue weighted by atomic mass is 10.1. The standard InChI is InChI=1S/C11H21NO3S/c1-3-4-5-15-11(14)12-6-9(8-16-2)10(13)7-12/h9-10,13H,3-8H2,1-2H3. The van der Waals surface area contributed by atoms with Crippen LogP contribution in [0.4, 0.5) is 4.79 Å². The van der Waals surface area contributed by atoms with Gasteiger partial charge in [-0.05, 0) is 12.7 Å². The fraction of sp³-hybridized carbons (Fsp3) is 0.909. The molecule has 1 heterocycles. The Bertz CT molecular complexity index is 225. The van der Waals surface area contributed by atoms with Gasteiger partial charge in [0.25, 0.3) is 0 Å². The quantitative estimate of drug-likeness (QED) is 0.749. The van der Waals surface area contributed by atoms with Crippen LogP contribution < -0.4 is 0 Å². The van der Waals surface area contributed by atoms with E-state index in [0.29, 0.717) is 19.7 Å². The zero-order valence-electron chi connectivity index (χ0n) is 10.0. The average molecular weight is 247 g/mol. The van der Waals surface area contributed by atoms with Gasteiger partial charge in [0.1, 0.15) is 0 Å². The fourth-order valence-corrected chi connectivity index (χ4v) is 2.53. The van der Waals surface area contributed by atoms with Crippen molar-refractivity contribution in [1.82, 2.24) is 4.90 Å². The molecule has 0 aromatic rings. The van der Waals surface area contributed by atoms with Crippen LogP contribution in [0.15, 0.2) is 0 Å². The first-order valence-corrected chi connectivity index (χ1v) is 7.17. The summed E-state index contributed by atoms with van der Waals surface area (Å²) < 4.78 is 5.11. The Balaban J connectivity index is 2.30. The molecule has 2 unspecified atom stereocenters. The van der Waals surface area contributed by atoms with Crippen molar-refractivity contribution in [2.45, 2.75) is 25.9 Å². The highest BCUT2D eigenvalue weighted by atomic mass is 32.2. The van der Waals surface area contributed by atoms with Gasteiger partial charge in [-0.1, -0.05) is 13.3 Å². The van der Waals surface area contributed by atoms with E-state index in [0.717, 1.165) is 18.6 Å². The lowest BCUT2D eigenvalue weighted by Crippen LogP contribution is -2.30. The normalized spacial score (nSPS) is 24.8. The number of aliphatic hydroxyl groups excluding tert-OH is 1. The van der Waals surface area contributed by atoms with Gasteiger partial charge in [0.2, 0.25) is 0 Å². The largest absolute Gasteiger partial charge is 0.449 e. The van der Waals surface area contributed by atoms with Crippen LogP contribution in [0.1, 0.15) is 19.8 Å². The molecule has 1 amide bonds. The smallest absolute Gasteiger partial charge is 0.409 e. The first kappa shape index (κ1) is 13.6. The predicted octanol–water partition coefficient (Wildman–Crippen LogP) is 1.58. The molecule has 1 fully saturated rings. The maximum absolute atomic E-state index is 11.6. The van der Waals surface area contributed by atoms with Gasteiger partial charge in [-0.15, -0.1) is 0 Å². The number of carbonyl (C=O) groups is 1. The molecule has 0 aromatic carbocycles. The Morgan fingerprint density at radius 1 is 1.56 bits per heavy atom. The van der Waals surface area contributed by atoms with Crippen LogP contribution in [-0.4, -0.2) is 53.9 Å². The lowest BCUT2D eigenvalue weighted by molar-refractivity contribution is 0.101. The number of rotatable bonds is 5. The van der Waals surface area contributed by atoms with E-state index >= 15 is 0 Å². The van der Waals surface area contributed by atoms with Gasteiger partial charge in [-0.3, -0.25) is 0 Å². The topological polar surface area (TPSA) is 49.8 Å². The molecule has 0 radical (unpaired) electrons. The average Bonchev–Trinajstić information content (AvgIpc) is 2.61. The van der Waals surface area contributed by atoms with E-state index in [-0.39, 0.29) is 12.0 Å². The molecule has 0 saturated carbocycles. The Morgan fingerprint density at radius 2 is 2.31 bits per heavy atom. The third kappa shape index (κ3) is 3.87. The molecule has 0 bridgehead atoms. The van der Waals surface area contributed by atoms with Crippen LogP contribution >= 0.6 is 11.8 Å². The molecule has 94 valence electrons. The number of nitrogens with zero attached hydrogens (tertiary/aromatic N) is 1. The summed E-state index contributed by atoms with van der Waals surface area (Å²) in [6.07, 6.45) is 3.25. The first-order valence-electron chi connectivity index (χ1n) is 5.77. The van der Waals surface area contributed by atoms with Crippen LogP contribution in [0.3, 0.4) is 0 Å². The molecule has 1 saturated heterocycles. The number of hydrogen-bond acceptors (Lipinski definition) is 4. The number of likely N-dealkylation sites (tertiary alicyclic amines) is 1. The Hall–Kier alpha value is -0.420. The van der Waals surface area contributed by atoms with E-state index in [1.165, 1.54) is 0 Å². The molecule has 1 aliphatic heterocycles. The summed E-state index contributed by atoms with van der Waals surface area (Å²) in [5, 5.41) is 9.75. The van der Waals surface area contributed by atoms with Crippen molar-refractivity contribution < 1.29 is 14.6 Å². The molecule has 1 N–H and O–H groups in total. The fourth-order valence-electron chi connectivity index (χ4n) is 1.78. The Morgan fingerprint density at radius 3 is 2.94 bits per heavy atom. The van der Waals surface area contributed by atoms with Gasteiger partial charge >= 0.3 is 6.09 Å². The van der Waals surface area contributed by atoms with Crippen LogP contribution in [0.2, 0.25) is 0 Å². The molecular formula is C11H21NO3S. The van der Waals surface area contributed by atoms with Crippen LogP contribution in [0.25, 0.3) is 0 Å². The number of amides is 1. The van der Waals surface area contributed by atoms with Gasteiger partial charge in [0.05, 0.1) is 19.3 Å². The molecule has 4 nitrogen and oxygen atoms in total. The van der Waals surface area contributed by atoms with Crippen molar-refractivity contribution in [3.05, 3.63) is 0 Å². The van der Waals surface area contributed by atoms with E-state index in [4.69, 9.17) is 4.74 Å². The van der Waals surface area contributed by atoms with Crippen molar-refractivity contribution >= 4 is 17.9 Å². The van der Waals surface area contributed by atoms with Gasteiger partial charge in [-0.2, -0.15) is 11.8 Å². The van der Waals surface area contributed by atoms with Gasteiger partial charge in [0, 0.05) is 18.2 Å². The van der Waals surface area contributed by atoms with Crippen LogP contribution in [0, 0.1) is 5.92 Å². The Kier molecular flexibility index (Phi) is 5.98. The maximum atomic E-state index is 11.6. The van der Waals surface area contributed by atoms with E-state index in [1.54, 1.807) is 16.7 Å². The highest BCUT2D eigenvalue weighted by Gasteiger charge is 2.34. The summed E-state index contributed by atoms with van der Waals surface area (Å²) in [6, 6.07) is 0. The summed E-state index contributed by atoms with van der Waals surface area (Å²) in [7, 11) is 0. The summed E-state index contributed by atoms with van der Waals surface area (Å²) in [4.78, 5) is 13.2. The third-order valence-electron chi connectivity index (χ3n) is 2.77. The maximum Gasteiger partial charge on any atom is 0.409 e. The van der Waals surface area contributed by atoms with Gasteiger partial charge in [-0.25, -0.2) is 4.79 Å². The summed E-state index contributed by atoms with van der Waals surface area (Å²) >= 11 is 1.70. The van der Waals surface area contributed by atoms with E-state index < -0.39 is 6.10 Å². The van der Waals surface area contributed by atoms with E-state index in [2.05, 4.69) is 6.92 Å². The number of hydrogen-bond donors (Lipinski definition) is 1. The number of aliphatic hydroxyl groups is 1. The Labute approximate surface area is 101 Å². The molecule has 0 aliphatic carbocycles. The second kappa shape index (κ2) is 7.01. The van der Waals surface area contributed by atoms with Crippen LogP contribution in [0.5, 0.6) is 0 Å². The SMILES string of the molecule is CCCCOC(=O)N1CC(O)C(CSC)C1. The number of β-amino-alcohol motifs (C(OH)–C–C–N with tert-alkyl or cyclic N) is 1. The van der Waals surface area contributed by atoms with Crippen molar-refractivity contribution in [3.8, 4) is 0 Å². The highest BCUT2D eigenvalue weighted by molar-refractivity contribution is 7.98. The van der Waals surface area contributed by atoms with Crippen molar-refractivity contribution in [1.29, 1.82) is 0 Å². The molecule has 0 spiro atoms. The first-order chi connectivity index (χ1) is 7.69. The minimum atomic E-state index is -0.397. The predicted molar refractivity (Wildman–Crippen MR) is 65.7 cm³/mol. The number of thioether (sulfide) groups is 1. The monoisotopic (exact) mass is 247 g/mol. The molecule has 16 heavy (non-hydrogen) atoms. The summed E-state index contributed by atoms with van der Waals surface area (Å²) in [6.45, 7) is 3.57. The molecule has 2 atom stereocenters. The highest BCUT2D eigenvalue weighted by Crippen LogP contribution is 2.20. The minimum absolute atomic E-state index is 0.189.